The number of rotatable bonds is 3. The van der Waals surface area contributed by atoms with Gasteiger partial charge in [-0.1, -0.05) is 36.4 Å². The molecule has 0 bridgehead atoms. The van der Waals surface area contributed by atoms with Crippen LogP contribution in [0.3, 0.4) is 0 Å². The van der Waals surface area contributed by atoms with Gasteiger partial charge in [0.1, 0.15) is 11.2 Å². The topological polar surface area (TPSA) is 75.9 Å². The molecule has 2 aliphatic rings. The summed E-state index contributed by atoms with van der Waals surface area (Å²) in [5.41, 5.74) is 1.41. The third-order valence-electron chi connectivity index (χ3n) is 5.78. The number of nitrogens with zero attached hydrogens (tertiary/aromatic N) is 3. The minimum atomic E-state index is -0.369. The smallest absolute Gasteiger partial charge is 0.270 e. The molecule has 4 heterocycles. The van der Waals surface area contributed by atoms with Crippen molar-refractivity contribution in [2.75, 3.05) is 19.7 Å². The molecule has 1 N–H and O–H groups in total. The van der Waals surface area contributed by atoms with Crippen LogP contribution in [0.15, 0.2) is 65.7 Å². The zero-order valence-corrected chi connectivity index (χ0v) is 15.9. The molecule has 0 spiro atoms. The van der Waals surface area contributed by atoms with Crippen molar-refractivity contribution in [3.05, 3.63) is 82.4 Å². The zero-order chi connectivity index (χ0) is 19.8. The predicted octanol–water partition coefficient (Wildman–Crippen LogP) is 1.64. The van der Waals surface area contributed by atoms with E-state index in [1.807, 2.05) is 18.2 Å². The maximum Gasteiger partial charge on any atom is 0.270 e. The van der Waals surface area contributed by atoms with Crippen LogP contribution in [-0.4, -0.2) is 52.0 Å². The monoisotopic (exact) mass is 390 g/mol. The fourth-order valence-electron chi connectivity index (χ4n) is 4.29. The van der Waals surface area contributed by atoms with Crippen LogP contribution in [0.2, 0.25) is 0 Å². The van der Waals surface area contributed by atoms with Crippen molar-refractivity contribution < 1.29 is 9.53 Å². The van der Waals surface area contributed by atoms with Gasteiger partial charge in [0.15, 0.2) is 0 Å². The first-order valence-electron chi connectivity index (χ1n) is 9.87. The summed E-state index contributed by atoms with van der Waals surface area (Å²) in [5, 5.41) is 3.02. The number of morpholine rings is 1. The number of ether oxygens (including phenoxy) is 1. The summed E-state index contributed by atoms with van der Waals surface area (Å²) in [5.74, 6) is -0.369. The Kier molecular flexibility index (Phi) is 4.61. The van der Waals surface area contributed by atoms with Crippen LogP contribution in [-0.2, 0) is 4.74 Å². The first kappa shape index (κ1) is 18.0. The standard InChI is InChI=1S/C22H22N4O3/c27-21(18-11-23-20-8-4-5-9-26(20)22(18)28)24-16-10-17-14-29-19(13-25(17)12-16)15-6-2-1-3-7-15/h1-9,11,16-17,19H,10,12-14H2,(H,24,27)/t16-,17+,19-/m1/s1. The van der Waals surface area contributed by atoms with Crippen LogP contribution < -0.4 is 10.9 Å². The molecule has 7 nitrogen and oxygen atoms in total. The molecule has 1 amide bonds. The van der Waals surface area contributed by atoms with E-state index in [0.717, 1.165) is 19.5 Å². The van der Waals surface area contributed by atoms with Gasteiger partial charge in [0, 0.05) is 37.6 Å². The van der Waals surface area contributed by atoms with E-state index in [1.165, 1.54) is 16.2 Å². The second kappa shape index (κ2) is 7.42. The second-order valence-corrected chi connectivity index (χ2v) is 7.65. The van der Waals surface area contributed by atoms with Crippen LogP contribution in [0, 0.1) is 0 Å². The van der Waals surface area contributed by atoms with Gasteiger partial charge < -0.3 is 10.1 Å². The molecule has 148 valence electrons. The quantitative estimate of drug-likeness (QED) is 0.736. The Bertz CT molecular complexity index is 1100. The molecule has 3 atom stereocenters. The SMILES string of the molecule is O=C(N[C@@H]1C[C@H]2CO[C@@H](c3ccccc3)CN2C1)c1cnc2ccccn2c1=O. The van der Waals surface area contributed by atoms with Crippen LogP contribution >= 0.6 is 0 Å². The maximum absolute atomic E-state index is 12.7. The number of fused-ring (bicyclic) bond motifs is 2. The van der Waals surface area contributed by atoms with E-state index in [9.17, 15) is 9.59 Å². The normalized spacial score (nSPS) is 24.3. The number of hydrogen-bond donors (Lipinski definition) is 1. The average molecular weight is 390 g/mol. The molecule has 2 aliphatic heterocycles. The number of carbonyl (C=O) groups is 1. The summed E-state index contributed by atoms with van der Waals surface area (Å²) in [6.07, 6.45) is 3.86. The lowest BCUT2D eigenvalue weighted by Crippen LogP contribution is -2.43. The van der Waals surface area contributed by atoms with Gasteiger partial charge in [-0.25, -0.2) is 4.98 Å². The largest absolute Gasteiger partial charge is 0.371 e. The molecule has 2 fully saturated rings. The van der Waals surface area contributed by atoms with Gasteiger partial charge >= 0.3 is 0 Å². The van der Waals surface area contributed by atoms with Crippen molar-refractivity contribution in [2.45, 2.75) is 24.6 Å². The van der Waals surface area contributed by atoms with Gasteiger partial charge in [0.05, 0.1) is 12.7 Å². The summed E-state index contributed by atoms with van der Waals surface area (Å²) >= 11 is 0. The van der Waals surface area contributed by atoms with Crippen molar-refractivity contribution in [1.82, 2.24) is 19.6 Å². The molecule has 5 rings (SSSR count). The lowest BCUT2D eigenvalue weighted by molar-refractivity contribution is -0.0502. The predicted molar refractivity (Wildman–Crippen MR) is 108 cm³/mol. The number of amides is 1. The molecule has 0 aliphatic carbocycles. The molecule has 1 aromatic carbocycles. The van der Waals surface area contributed by atoms with E-state index < -0.39 is 0 Å². The Morgan fingerprint density at radius 1 is 1.10 bits per heavy atom. The average Bonchev–Trinajstić information content (AvgIpc) is 3.16. The summed E-state index contributed by atoms with van der Waals surface area (Å²) < 4.78 is 7.46. The molecule has 0 saturated carbocycles. The third kappa shape index (κ3) is 3.43. The Balaban J connectivity index is 1.27. The number of nitrogens with one attached hydrogen (secondary N) is 1. The van der Waals surface area contributed by atoms with Crippen molar-refractivity contribution in [3.8, 4) is 0 Å². The number of pyridine rings is 1. The Hall–Kier alpha value is -3.03. The number of carbonyl (C=O) groups excluding carboxylic acids is 1. The van der Waals surface area contributed by atoms with Crippen LogP contribution in [0.5, 0.6) is 0 Å². The minimum Gasteiger partial charge on any atom is -0.371 e. The fraction of sp³-hybridized carbons (Fsp3) is 0.318. The highest BCUT2D eigenvalue weighted by Crippen LogP contribution is 2.30. The van der Waals surface area contributed by atoms with Crippen LogP contribution in [0.25, 0.3) is 5.65 Å². The summed E-state index contributed by atoms with van der Waals surface area (Å²) in [7, 11) is 0. The summed E-state index contributed by atoms with van der Waals surface area (Å²) in [6.45, 7) is 2.21. The number of aromatic nitrogens is 2. The highest BCUT2D eigenvalue weighted by atomic mass is 16.5. The Labute approximate surface area is 167 Å². The van der Waals surface area contributed by atoms with Crippen molar-refractivity contribution in [1.29, 1.82) is 0 Å². The van der Waals surface area contributed by atoms with Crippen molar-refractivity contribution >= 4 is 11.6 Å². The molecule has 7 heteroatoms. The summed E-state index contributed by atoms with van der Waals surface area (Å²) in [4.78, 5) is 32.0. The first-order chi connectivity index (χ1) is 14.2. The van der Waals surface area contributed by atoms with E-state index in [-0.39, 0.29) is 35.2 Å². The van der Waals surface area contributed by atoms with E-state index in [2.05, 4.69) is 27.3 Å². The lowest BCUT2D eigenvalue weighted by atomic mass is 10.1. The highest BCUT2D eigenvalue weighted by Gasteiger charge is 2.38. The van der Waals surface area contributed by atoms with Gasteiger partial charge in [-0.3, -0.25) is 18.9 Å². The Morgan fingerprint density at radius 3 is 2.79 bits per heavy atom. The zero-order valence-electron chi connectivity index (χ0n) is 15.9. The number of hydrogen-bond acceptors (Lipinski definition) is 5. The molecular weight excluding hydrogens is 368 g/mol. The van der Waals surface area contributed by atoms with Gasteiger partial charge in [0.2, 0.25) is 0 Å². The van der Waals surface area contributed by atoms with E-state index in [0.29, 0.717) is 12.3 Å². The molecule has 3 aromatic rings. The molecule has 0 unspecified atom stereocenters. The van der Waals surface area contributed by atoms with E-state index in [1.54, 1.807) is 24.4 Å². The third-order valence-corrected chi connectivity index (χ3v) is 5.78. The van der Waals surface area contributed by atoms with Crippen LogP contribution in [0.4, 0.5) is 0 Å². The molecular formula is C22H22N4O3. The minimum absolute atomic E-state index is 0.0125. The lowest BCUT2D eigenvalue weighted by Gasteiger charge is -2.35. The van der Waals surface area contributed by atoms with Crippen LogP contribution in [0.1, 0.15) is 28.4 Å². The fourth-order valence-corrected chi connectivity index (χ4v) is 4.29. The van der Waals surface area contributed by atoms with Gasteiger partial charge in [-0.05, 0) is 24.1 Å². The van der Waals surface area contributed by atoms with Crippen molar-refractivity contribution in [3.63, 3.8) is 0 Å². The van der Waals surface area contributed by atoms with Gasteiger partial charge in [-0.15, -0.1) is 0 Å². The molecule has 29 heavy (non-hydrogen) atoms. The molecule has 0 radical (unpaired) electrons. The second-order valence-electron chi connectivity index (χ2n) is 7.65. The van der Waals surface area contributed by atoms with Gasteiger partial charge in [0.25, 0.3) is 11.5 Å². The maximum atomic E-state index is 12.7. The van der Waals surface area contributed by atoms with Crippen molar-refractivity contribution in [2.24, 2.45) is 0 Å². The summed E-state index contributed by atoms with van der Waals surface area (Å²) in [6, 6.07) is 15.8. The van der Waals surface area contributed by atoms with Gasteiger partial charge in [-0.2, -0.15) is 0 Å². The Morgan fingerprint density at radius 2 is 1.93 bits per heavy atom. The highest BCUT2D eigenvalue weighted by molar-refractivity contribution is 5.94. The van der Waals surface area contributed by atoms with E-state index >= 15 is 0 Å². The molecule has 2 aromatic heterocycles. The van der Waals surface area contributed by atoms with E-state index in [4.69, 9.17) is 4.74 Å². The number of benzene rings is 1. The first-order valence-corrected chi connectivity index (χ1v) is 9.87. The molecule has 2 saturated heterocycles.